The van der Waals surface area contributed by atoms with E-state index in [1.54, 1.807) is 0 Å². The largest absolute Gasteiger partial charge is 0.372 e. The minimum absolute atomic E-state index is 0.758. The van der Waals surface area contributed by atoms with E-state index in [4.69, 9.17) is 11.6 Å². The molecule has 16 heavy (non-hydrogen) atoms. The van der Waals surface area contributed by atoms with E-state index < -0.39 is 0 Å². The summed E-state index contributed by atoms with van der Waals surface area (Å²) in [6, 6.07) is 9.01. The number of aryl methyl sites for hydroxylation is 1. The van der Waals surface area contributed by atoms with Crippen LogP contribution in [0.15, 0.2) is 24.3 Å². The topological polar surface area (TPSA) is 3.24 Å². The minimum atomic E-state index is 0.758. The van der Waals surface area contributed by atoms with Crippen molar-refractivity contribution in [2.24, 2.45) is 0 Å². The Balaban J connectivity index is 1.95. The van der Waals surface area contributed by atoms with Gasteiger partial charge in [-0.05, 0) is 49.8 Å². The first-order valence-corrected chi connectivity index (χ1v) is 6.83. The third kappa shape index (κ3) is 3.15. The Kier molecular flexibility index (Phi) is 4.53. The average molecular weight is 238 g/mol. The molecule has 88 valence electrons. The van der Waals surface area contributed by atoms with Crippen LogP contribution in [0.3, 0.4) is 0 Å². The Labute approximate surface area is 103 Å². The van der Waals surface area contributed by atoms with Gasteiger partial charge in [-0.2, -0.15) is 0 Å². The van der Waals surface area contributed by atoms with E-state index >= 15 is 0 Å². The van der Waals surface area contributed by atoms with Crippen LogP contribution in [0.1, 0.15) is 31.2 Å². The second-order valence-corrected chi connectivity index (χ2v) is 4.88. The lowest BCUT2D eigenvalue weighted by atomic mass is 10.1. The van der Waals surface area contributed by atoms with Gasteiger partial charge in [0.25, 0.3) is 0 Å². The highest BCUT2D eigenvalue weighted by atomic mass is 35.5. The predicted octanol–water partition coefficient (Wildman–Crippen LogP) is 3.85. The van der Waals surface area contributed by atoms with Crippen molar-refractivity contribution in [3.63, 3.8) is 0 Å². The van der Waals surface area contributed by atoms with E-state index in [0.717, 1.165) is 18.7 Å². The van der Waals surface area contributed by atoms with Crippen LogP contribution in [-0.4, -0.2) is 19.0 Å². The maximum absolute atomic E-state index is 5.70. The molecular weight excluding hydrogens is 218 g/mol. The van der Waals surface area contributed by atoms with Crippen molar-refractivity contribution >= 4 is 17.3 Å². The number of benzene rings is 1. The molecule has 1 saturated heterocycles. The van der Waals surface area contributed by atoms with E-state index in [2.05, 4.69) is 29.2 Å². The third-order valence-corrected chi connectivity index (χ3v) is 3.52. The molecule has 2 rings (SSSR count). The second kappa shape index (κ2) is 6.15. The lowest BCUT2D eigenvalue weighted by molar-refractivity contribution is 0.578. The first kappa shape index (κ1) is 11.8. The van der Waals surface area contributed by atoms with E-state index in [1.807, 2.05) is 0 Å². The molecule has 0 bridgehead atoms. The highest BCUT2D eigenvalue weighted by molar-refractivity contribution is 6.17. The molecule has 0 radical (unpaired) electrons. The molecule has 1 nitrogen and oxygen atoms in total. The maximum atomic E-state index is 5.70. The SMILES string of the molecule is ClCCCc1ccc(N2CCCCC2)cc1. The number of hydrogen-bond donors (Lipinski definition) is 0. The number of rotatable bonds is 4. The van der Waals surface area contributed by atoms with Gasteiger partial charge in [-0.1, -0.05) is 12.1 Å². The van der Waals surface area contributed by atoms with E-state index in [9.17, 15) is 0 Å². The molecule has 0 atom stereocenters. The van der Waals surface area contributed by atoms with E-state index in [-0.39, 0.29) is 0 Å². The standard InChI is InChI=1S/C14H20ClN/c15-10-4-5-13-6-8-14(9-7-13)16-11-2-1-3-12-16/h6-9H,1-5,10-12H2. The van der Waals surface area contributed by atoms with Crippen LogP contribution < -0.4 is 4.90 Å². The molecule has 0 amide bonds. The Morgan fingerprint density at radius 3 is 2.31 bits per heavy atom. The molecule has 1 fully saturated rings. The molecule has 0 spiro atoms. The normalized spacial score (nSPS) is 16.4. The number of hydrogen-bond acceptors (Lipinski definition) is 1. The molecule has 1 aromatic rings. The molecule has 1 heterocycles. The van der Waals surface area contributed by atoms with Crippen LogP contribution in [-0.2, 0) is 6.42 Å². The van der Waals surface area contributed by atoms with Gasteiger partial charge < -0.3 is 4.90 Å². The molecule has 0 unspecified atom stereocenters. The lowest BCUT2D eigenvalue weighted by Crippen LogP contribution is -2.29. The van der Waals surface area contributed by atoms with Crippen molar-refractivity contribution in [3.05, 3.63) is 29.8 Å². The summed E-state index contributed by atoms with van der Waals surface area (Å²) in [4.78, 5) is 2.49. The fraction of sp³-hybridized carbons (Fsp3) is 0.571. The highest BCUT2D eigenvalue weighted by Gasteiger charge is 2.10. The molecule has 1 aliphatic rings. The summed E-state index contributed by atoms with van der Waals surface area (Å²) in [5.41, 5.74) is 2.79. The first-order valence-electron chi connectivity index (χ1n) is 6.30. The quantitative estimate of drug-likeness (QED) is 0.719. The second-order valence-electron chi connectivity index (χ2n) is 4.51. The summed E-state index contributed by atoms with van der Waals surface area (Å²) in [6.07, 6.45) is 6.25. The van der Waals surface area contributed by atoms with Gasteiger partial charge in [0, 0.05) is 24.7 Å². The van der Waals surface area contributed by atoms with Gasteiger partial charge in [0.15, 0.2) is 0 Å². The molecule has 2 heteroatoms. The van der Waals surface area contributed by atoms with Crippen molar-refractivity contribution in [2.45, 2.75) is 32.1 Å². The summed E-state index contributed by atoms with van der Waals surface area (Å²) in [6.45, 7) is 2.45. The van der Waals surface area contributed by atoms with E-state index in [1.165, 1.54) is 43.6 Å². The Morgan fingerprint density at radius 2 is 1.69 bits per heavy atom. The van der Waals surface area contributed by atoms with Crippen molar-refractivity contribution in [2.75, 3.05) is 23.9 Å². The average Bonchev–Trinajstić information content (AvgIpc) is 2.38. The molecule has 0 N–H and O–H groups in total. The van der Waals surface area contributed by atoms with Gasteiger partial charge in [-0.15, -0.1) is 11.6 Å². The van der Waals surface area contributed by atoms with Gasteiger partial charge in [0.1, 0.15) is 0 Å². The molecule has 1 aromatic carbocycles. The van der Waals surface area contributed by atoms with Crippen molar-refractivity contribution in [1.29, 1.82) is 0 Å². The van der Waals surface area contributed by atoms with Crippen molar-refractivity contribution < 1.29 is 0 Å². The zero-order valence-corrected chi connectivity index (χ0v) is 10.5. The molecule has 1 aliphatic heterocycles. The van der Waals surface area contributed by atoms with Crippen molar-refractivity contribution in [1.82, 2.24) is 0 Å². The van der Waals surface area contributed by atoms with Crippen LogP contribution in [0.4, 0.5) is 5.69 Å². The molecule has 0 saturated carbocycles. The number of nitrogens with zero attached hydrogens (tertiary/aromatic N) is 1. The van der Waals surface area contributed by atoms with Gasteiger partial charge in [0.2, 0.25) is 0 Å². The number of halogens is 1. The summed E-state index contributed by atoms with van der Waals surface area (Å²) in [7, 11) is 0. The number of anilines is 1. The molecule has 0 aliphatic carbocycles. The summed E-state index contributed by atoms with van der Waals surface area (Å²) >= 11 is 5.70. The molecule has 0 aromatic heterocycles. The van der Waals surface area contributed by atoms with Crippen molar-refractivity contribution in [3.8, 4) is 0 Å². The predicted molar refractivity (Wildman–Crippen MR) is 71.5 cm³/mol. The van der Waals surface area contributed by atoms with Crippen LogP contribution in [0, 0.1) is 0 Å². The summed E-state index contributed by atoms with van der Waals surface area (Å²) in [5.74, 6) is 0.758. The lowest BCUT2D eigenvalue weighted by Gasteiger charge is -2.28. The summed E-state index contributed by atoms with van der Waals surface area (Å²) in [5, 5.41) is 0. The smallest absolute Gasteiger partial charge is 0.0366 e. The third-order valence-electron chi connectivity index (χ3n) is 3.26. The maximum Gasteiger partial charge on any atom is 0.0366 e. The van der Waals surface area contributed by atoms with E-state index in [0.29, 0.717) is 0 Å². The fourth-order valence-corrected chi connectivity index (χ4v) is 2.43. The van der Waals surface area contributed by atoms with Crippen LogP contribution in [0.5, 0.6) is 0 Å². The minimum Gasteiger partial charge on any atom is -0.372 e. The Morgan fingerprint density at radius 1 is 1.00 bits per heavy atom. The van der Waals surface area contributed by atoms with Crippen LogP contribution in [0.2, 0.25) is 0 Å². The zero-order valence-electron chi connectivity index (χ0n) is 9.79. The molecular formula is C14H20ClN. The number of piperidine rings is 1. The summed E-state index contributed by atoms with van der Waals surface area (Å²) < 4.78 is 0. The Bertz CT molecular complexity index is 301. The monoisotopic (exact) mass is 237 g/mol. The van der Waals surface area contributed by atoms with Crippen LogP contribution in [0.25, 0.3) is 0 Å². The fourth-order valence-electron chi connectivity index (χ4n) is 2.30. The highest BCUT2D eigenvalue weighted by Crippen LogP contribution is 2.20. The zero-order chi connectivity index (χ0) is 11.2. The van der Waals surface area contributed by atoms with Gasteiger partial charge >= 0.3 is 0 Å². The Hall–Kier alpha value is -0.690. The van der Waals surface area contributed by atoms with Crippen LogP contribution >= 0.6 is 11.6 Å². The first-order chi connectivity index (χ1) is 7.90. The van der Waals surface area contributed by atoms with Gasteiger partial charge in [0.05, 0.1) is 0 Å². The number of alkyl halides is 1. The van der Waals surface area contributed by atoms with Gasteiger partial charge in [-0.3, -0.25) is 0 Å². The van der Waals surface area contributed by atoms with Gasteiger partial charge in [-0.25, -0.2) is 0 Å².